The van der Waals surface area contributed by atoms with E-state index in [9.17, 15) is 4.79 Å². The summed E-state index contributed by atoms with van der Waals surface area (Å²) in [5, 5.41) is 0.994. The maximum Gasteiger partial charge on any atom is 0.165 e. The van der Waals surface area contributed by atoms with Gasteiger partial charge in [-0.3, -0.25) is 4.79 Å². The second kappa shape index (κ2) is 4.42. The Morgan fingerprint density at radius 2 is 2.19 bits per heavy atom. The van der Waals surface area contributed by atoms with E-state index in [-0.39, 0.29) is 5.78 Å². The fraction of sp³-hybridized carbons (Fsp3) is 0.308. The Morgan fingerprint density at radius 1 is 1.44 bits per heavy atom. The molecule has 2 nitrogen and oxygen atoms in total. The van der Waals surface area contributed by atoms with Crippen LogP contribution < -0.4 is 0 Å². The smallest absolute Gasteiger partial charge is 0.165 e. The van der Waals surface area contributed by atoms with Crippen LogP contribution >= 0.6 is 15.9 Å². The van der Waals surface area contributed by atoms with Gasteiger partial charge in [0, 0.05) is 33.6 Å². The van der Waals surface area contributed by atoms with Crippen LogP contribution in [0.5, 0.6) is 0 Å². The molecule has 84 valence electrons. The van der Waals surface area contributed by atoms with Crippen LogP contribution in [0.4, 0.5) is 0 Å². The van der Waals surface area contributed by atoms with Crippen molar-refractivity contribution < 1.29 is 4.79 Å². The predicted molar refractivity (Wildman–Crippen MR) is 69.8 cm³/mol. The van der Waals surface area contributed by atoms with Crippen LogP contribution in [0, 0.1) is 5.92 Å². The third-order valence-corrected chi connectivity index (χ3v) is 3.21. The highest BCUT2D eigenvalue weighted by Gasteiger charge is 2.14. The molecule has 2 aromatic rings. The van der Waals surface area contributed by atoms with E-state index in [0.717, 1.165) is 20.9 Å². The molecular formula is C13H14BrNO. The Hall–Kier alpha value is -1.09. The van der Waals surface area contributed by atoms with Crippen molar-refractivity contribution in [1.82, 2.24) is 4.98 Å². The number of aromatic amines is 1. The molecule has 0 aliphatic heterocycles. The molecule has 1 N–H and O–H groups in total. The number of carbonyl (C=O) groups is 1. The highest BCUT2D eigenvalue weighted by Crippen LogP contribution is 2.28. The Labute approximate surface area is 103 Å². The Kier molecular flexibility index (Phi) is 3.15. The molecule has 0 aliphatic carbocycles. The molecule has 0 radical (unpaired) electrons. The number of H-pyrrole nitrogens is 1. The molecule has 0 fully saturated rings. The first-order chi connectivity index (χ1) is 7.59. The molecule has 1 heterocycles. The van der Waals surface area contributed by atoms with Gasteiger partial charge in [-0.05, 0) is 18.1 Å². The fourth-order valence-corrected chi connectivity index (χ4v) is 2.42. The van der Waals surface area contributed by atoms with Crippen LogP contribution in [0.1, 0.15) is 30.6 Å². The molecule has 0 unspecified atom stereocenters. The van der Waals surface area contributed by atoms with Crippen molar-refractivity contribution in [2.45, 2.75) is 20.3 Å². The van der Waals surface area contributed by atoms with Gasteiger partial charge in [-0.15, -0.1) is 0 Å². The van der Waals surface area contributed by atoms with Gasteiger partial charge in [-0.1, -0.05) is 35.8 Å². The van der Waals surface area contributed by atoms with E-state index in [0.29, 0.717) is 12.3 Å². The Morgan fingerprint density at radius 3 is 2.88 bits per heavy atom. The second-order valence-electron chi connectivity index (χ2n) is 4.39. The van der Waals surface area contributed by atoms with Crippen LogP contribution in [0.2, 0.25) is 0 Å². The zero-order valence-electron chi connectivity index (χ0n) is 9.38. The third-order valence-electron chi connectivity index (χ3n) is 2.55. The standard InChI is InChI=1S/C13H14BrNO/c1-8(2)6-12(16)9-7-15-11-5-3-4-10(14)13(9)11/h3-5,7-8,15H,6H2,1-2H3. The molecule has 3 heteroatoms. The topological polar surface area (TPSA) is 32.9 Å². The summed E-state index contributed by atoms with van der Waals surface area (Å²) in [6.07, 6.45) is 2.40. The number of rotatable bonds is 3. The molecule has 0 atom stereocenters. The lowest BCUT2D eigenvalue weighted by Crippen LogP contribution is -2.02. The highest BCUT2D eigenvalue weighted by molar-refractivity contribution is 9.10. The first kappa shape index (κ1) is 11.4. The number of benzene rings is 1. The van der Waals surface area contributed by atoms with Gasteiger partial charge in [-0.2, -0.15) is 0 Å². The Balaban J connectivity index is 2.49. The molecule has 2 rings (SSSR count). The molecule has 1 aromatic carbocycles. The number of halogens is 1. The first-order valence-electron chi connectivity index (χ1n) is 5.38. The lowest BCUT2D eigenvalue weighted by Gasteiger charge is -2.03. The van der Waals surface area contributed by atoms with Crippen LogP contribution in [0.15, 0.2) is 28.9 Å². The SMILES string of the molecule is CC(C)CC(=O)c1c[nH]c2cccc(Br)c12. The van der Waals surface area contributed by atoms with Crippen molar-refractivity contribution in [1.29, 1.82) is 0 Å². The van der Waals surface area contributed by atoms with E-state index < -0.39 is 0 Å². The number of nitrogens with one attached hydrogen (secondary N) is 1. The molecule has 0 saturated carbocycles. The van der Waals surface area contributed by atoms with Crippen LogP contribution in [0.25, 0.3) is 10.9 Å². The van der Waals surface area contributed by atoms with Crippen LogP contribution in [-0.2, 0) is 0 Å². The first-order valence-corrected chi connectivity index (χ1v) is 6.17. The molecule has 0 spiro atoms. The largest absolute Gasteiger partial charge is 0.360 e. The van der Waals surface area contributed by atoms with E-state index in [1.54, 1.807) is 6.20 Å². The van der Waals surface area contributed by atoms with Gasteiger partial charge >= 0.3 is 0 Å². The quantitative estimate of drug-likeness (QED) is 0.841. The molecule has 1 aromatic heterocycles. The average Bonchev–Trinajstić information content (AvgIpc) is 2.61. The second-order valence-corrected chi connectivity index (χ2v) is 5.24. The molecule has 0 aliphatic rings. The van der Waals surface area contributed by atoms with Crippen molar-refractivity contribution >= 4 is 32.6 Å². The summed E-state index contributed by atoms with van der Waals surface area (Å²) in [7, 11) is 0. The minimum Gasteiger partial charge on any atom is -0.360 e. The van der Waals surface area contributed by atoms with Crippen molar-refractivity contribution in [3.8, 4) is 0 Å². The number of hydrogen-bond donors (Lipinski definition) is 1. The summed E-state index contributed by atoms with van der Waals surface area (Å²) in [6.45, 7) is 4.11. The number of hydrogen-bond acceptors (Lipinski definition) is 1. The zero-order chi connectivity index (χ0) is 11.7. The number of carbonyl (C=O) groups excluding carboxylic acids is 1. The van der Waals surface area contributed by atoms with Gasteiger partial charge in [0.2, 0.25) is 0 Å². The van der Waals surface area contributed by atoms with E-state index in [4.69, 9.17) is 0 Å². The molecule has 0 saturated heterocycles. The van der Waals surface area contributed by atoms with Crippen molar-refractivity contribution in [3.05, 3.63) is 34.4 Å². The van der Waals surface area contributed by atoms with Crippen LogP contribution in [0.3, 0.4) is 0 Å². The maximum absolute atomic E-state index is 12.0. The van der Waals surface area contributed by atoms with Crippen molar-refractivity contribution in [2.24, 2.45) is 5.92 Å². The van der Waals surface area contributed by atoms with Gasteiger partial charge < -0.3 is 4.98 Å². The summed E-state index contributed by atoms with van der Waals surface area (Å²) in [5.74, 6) is 0.591. The van der Waals surface area contributed by atoms with Crippen molar-refractivity contribution in [3.63, 3.8) is 0 Å². The summed E-state index contributed by atoms with van der Waals surface area (Å²) in [6, 6.07) is 5.90. The normalized spacial score (nSPS) is 11.2. The van der Waals surface area contributed by atoms with E-state index in [1.807, 2.05) is 18.2 Å². The fourth-order valence-electron chi connectivity index (χ4n) is 1.84. The van der Waals surface area contributed by atoms with Crippen LogP contribution in [-0.4, -0.2) is 10.8 Å². The number of Topliss-reactive ketones (excluding diaryl/α,β-unsaturated/α-hetero) is 1. The van der Waals surface area contributed by atoms with Gasteiger partial charge in [0.05, 0.1) is 0 Å². The monoisotopic (exact) mass is 279 g/mol. The average molecular weight is 280 g/mol. The molecule has 16 heavy (non-hydrogen) atoms. The predicted octanol–water partition coefficient (Wildman–Crippen LogP) is 4.16. The minimum absolute atomic E-state index is 0.202. The number of ketones is 1. The minimum atomic E-state index is 0.202. The van der Waals surface area contributed by atoms with Gasteiger partial charge in [0.1, 0.15) is 0 Å². The number of fused-ring (bicyclic) bond motifs is 1. The zero-order valence-corrected chi connectivity index (χ0v) is 11.0. The lowest BCUT2D eigenvalue weighted by atomic mass is 10.0. The molecular weight excluding hydrogens is 266 g/mol. The summed E-state index contributed by atoms with van der Waals surface area (Å²) in [4.78, 5) is 15.2. The number of aromatic nitrogens is 1. The maximum atomic E-state index is 12.0. The third kappa shape index (κ3) is 2.05. The summed E-state index contributed by atoms with van der Waals surface area (Å²) < 4.78 is 0.971. The summed E-state index contributed by atoms with van der Waals surface area (Å²) >= 11 is 3.49. The van der Waals surface area contributed by atoms with E-state index >= 15 is 0 Å². The van der Waals surface area contributed by atoms with E-state index in [2.05, 4.69) is 34.8 Å². The molecule has 0 amide bonds. The van der Waals surface area contributed by atoms with E-state index in [1.165, 1.54) is 0 Å². The lowest BCUT2D eigenvalue weighted by molar-refractivity contribution is 0.0969. The highest BCUT2D eigenvalue weighted by atomic mass is 79.9. The van der Waals surface area contributed by atoms with Crippen molar-refractivity contribution in [2.75, 3.05) is 0 Å². The Bertz CT molecular complexity index is 528. The van der Waals surface area contributed by atoms with Gasteiger partial charge in [0.25, 0.3) is 0 Å². The van der Waals surface area contributed by atoms with Gasteiger partial charge in [0.15, 0.2) is 5.78 Å². The van der Waals surface area contributed by atoms with Gasteiger partial charge in [-0.25, -0.2) is 0 Å². The summed E-state index contributed by atoms with van der Waals surface area (Å²) in [5.41, 5.74) is 1.79. The molecule has 0 bridgehead atoms.